The molecule has 0 amide bonds. The van der Waals surface area contributed by atoms with Gasteiger partial charge >= 0.3 is 6.18 Å². The lowest BCUT2D eigenvalue weighted by atomic mass is 9.97. The highest BCUT2D eigenvalue weighted by Gasteiger charge is 2.36. The van der Waals surface area contributed by atoms with Crippen molar-refractivity contribution in [2.24, 2.45) is 5.73 Å². The first-order valence-corrected chi connectivity index (χ1v) is 5.23. The smallest absolute Gasteiger partial charge is 0.324 e. The molecule has 0 aromatic carbocycles. The molecule has 94 valence electrons. The van der Waals surface area contributed by atoms with Crippen LogP contribution in [0.3, 0.4) is 0 Å². The second-order valence-electron chi connectivity index (χ2n) is 3.56. The number of ketones is 1. The van der Waals surface area contributed by atoms with Crippen molar-refractivity contribution in [1.29, 1.82) is 0 Å². The maximum atomic E-state index is 12.7. The van der Waals surface area contributed by atoms with Gasteiger partial charge in [-0.3, -0.25) is 4.79 Å². The molecule has 0 spiro atoms. The fourth-order valence-corrected chi connectivity index (χ4v) is 1.96. The van der Waals surface area contributed by atoms with Crippen LogP contribution >= 0.6 is 11.6 Å². The van der Waals surface area contributed by atoms with Crippen LogP contribution in [0.1, 0.15) is 13.3 Å². The zero-order valence-corrected chi connectivity index (χ0v) is 9.82. The fraction of sp³-hybridized carbons (Fsp3) is 0.364. The summed E-state index contributed by atoms with van der Waals surface area (Å²) in [6.45, 7) is 0.864. The molecular formula is C11H11ClF3NO. The summed E-state index contributed by atoms with van der Waals surface area (Å²) in [6.07, 6.45) is -2.19. The first-order chi connectivity index (χ1) is 7.79. The van der Waals surface area contributed by atoms with E-state index in [-0.39, 0.29) is 29.1 Å². The zero-order valence-electron chi connectivity index (χ0n) is 9.07. The first-order valence-electron chi connectivity index (χ1n) is 4.86. The van der Waals surface area contributed by atoms with Crippen LogP contribution in [-0.4, -0.2) is 18.5 Å². The van der Waals surface area contributed by atoms with Crippen molar-refractivity contribution in [1.82, 2.24) is 0 Å². The van der Waals surface area contributed by atoms with Gasteiger partial charge in [0.1, 0.15) is 0 Å². The van der Waals surface area contributed by atoms with E-state index in [1.165, 1.54) is 19.1 Å². The van der Waals surface area contributed by atoms with Crippen LogP contribution in [0.5, 0.6) is 0 Å². The van der Waals surface area contributed by atoms with Crippen molar-refractivity contribution >= 4 is 17.4 Å². The molecule has 6 heteroatoms. The van der Waals surface area contributed by atoms with Gasteiger partial charge in [-0.2, -0.15) is 13.2 Å². The molecule has 0 aromatic heterocycles. The Balaban J connectivity index is 3.40. The summed E-state index contributed by atoms with van der Waals surface area (Å²) < 4.78 is 38.2. The largest absolute Gasteiger partial charge is 0.413 e. The number of hydrogen-bond acceptors (Lipinski definition) is 2. The van der Waals surface area contributed by atoms with Crippen molar-refractivity contribution in [3.63, 3.8) is 0 Å². The van der Waals surface area contributed by atoms with E-state index >= 15 is 0 Å². The van der Waals surface area contributed by atoms with Crippen molar-refractivity contribution in [3.05, 3.63) is 33.9 Å². The summed E-state index contributed by atoms with van der Waals surface area (Å²) in [5.41, 5.74) is 4.11. The lowest BCUT2D eigenvalue weighted by molar-refractivity contribution is -0.114. The van der Waals surface area contributed by atoms with Crippen LogP contribution in [0.4, 0.5) is 13.2 Å². The zero-order chi connectivity index (χ0) is 13.2. The third-order valence-electron chi connectivity index (χ3n) is 2.46. The molecule has 0 aliphatic heterocycles. The third kappa shape index (κ3) is 2.98. The molecule has 0 saturated carbocycles. The molecule has 0 fully saturated rings. The summed E-state index contributed by atoms with van der Waals surface area (Å²) in [7, 11) is 0. The quantitative estimate of drug-likeness (QED) is 0.834. The number of nitrogens with two attached hydrogens (primary N) is 1. The van der Waals surface area contributed by atoms with Crippen LogP contribution in [0.25, 0.3) is 0 Å². The minimum absolute atomic E-state index is 0.00259. The summed E-state index contributed by atoms with van der Waals surface area (Å²) in [5.74, 6) is -0.596. The van der Waals surface area contributed by atoms with Gasteiger partial charge < -0.3 is 5.73 Å². The molecule has 1 rings (SSSR count). The van der Waals surface area contributed by atoms with Crippen LogP contribution in [0.15, 0.2) is 33.9 Å². The molecule has 0 radical (unpaired) electrons. The van der Waals surface area contributed by atoms with Gasteiger partial charge in [0.25, 0.3) is 0 Å². The van der Waals surface area contributed by atoms with Crippen LogP contribution in [-0.2, 0) is 4.79 Å². The van der Waals surface area contributed by atoms with Gasteiger partial charge in [0.2, 0.25) is 0 Å². The molecule has 2 nitrogen and oxygen atoms in total. The normalized spacial score (nSPS) is 17.5. The number of rotatable bonds is 2. The highest BCUT2D eigenvalue weighted by Crippen LogP contribution is 2.37. The Morgan fingerprint density at radius 2 is 2.12 bits per heavy atom. The van der Waals surface area contributed by atoms with E-state index in [4.69, 9.17) is 17.3 Å². The van der Waals surface area contributed by atoms with E-state index in [0.29, 0.717) is 0 Å². The predicted octanol–water partition coefficient (Wildman–Crippen LogP) is 2.85. The Kier molecular flexibility index (Phi) is 4.16. The Labute approximate surface area is 102 Å². The summed E-state index contributed by atoms with van der Waals surface area (Å²) in [5, 5.41) is -0.00259. The Morgan fingerprint density at radius 1 is 1.53 bits per heavy atom. The van der Waals surface area contributed by atoms with E-state index < -0.39 is 17.5 Å². The van der Waals surface area contributed by atoms with Gasteiger partial charge in [0.05, 0.1) is 11.6 Å². The van der Waals surface area contributed by atoms with E-state index in [1.807, 2.05) is 0 Å². The summed E-state index contributed by atoms with van der Waals surface area (Å²) in [4.78, 5) is 11.5. The van der Waals surface area contributed by atoms with Crippen molar-refractivity contribution < 1.29 is 18.0 Å². The van der Waals surface area contributed by atoms with Crippen LogP contribution in [0, 0.1) is 0 Å². The van der Waals surface area contributed by atoms with E-state index in [1.54, 1.807) is 0 Å². The minimum atomic E-state index is -4.48. The Morgan fingerprint density at radius 3 is 2.59 bits per heavy atom. The SMILES string of the molecule is CC1=C(C(F)(F)F)CC=CC(Cl)=C1C(=O)CN. The Bertz CT molecular complexity index is 432. The van der Waals surface area contributed by atoms with Gasteiger partial charge in [-0.05, 0) is 25.0 Å². The number of carbonyl (C=O) groups excluding carboxylic acids is 1. The van der Waals surface area contributed by atoms with Gasteiger partial charge in [-0.25, -0.2) is 0 Å². The molecule has 1 aliphatic carbocycles. The summed E-state index contributed by atoms with van der Waals surface area (Å²) in [6, 6.07) is 0. The highest BCUT2D eigenvalue weighted by molar-refractivity contribution is 6.34. The number of alkyl halides is 3. The van der Waals surface area contributed by atoms with Gasteiger partial charge in [0, 0.05) is 11.1 Å². The Hall–Kier alpha value is -1.07. The first kappa shape index (κ1) is 14.0. The lowest BCUT2D eigenvalue weighted by Gasteiger charge is -2.14. The number of halogens is 4. The predicted molar refractivity (Wildman–Crippen MR) is 59.5 cm³/mol. The number of allylic oxidation sites excluding steroid dienone is 5. The maximum Gasteiger partial charge on any atom is 0.413 e. The van der Waals surface area contributed by atoms with Gasteiger partial charge in [-0.1, -0.05) is 17.7 Å². The van der Waals surface area contributed by atoms with Crippen molar-refractivity contribution in [2.75, 3.05) is 6.54 Å². The minimum Gasteiger partial charge on any atom is -0.324 e. The molecule has 17 heavy (non-hydrogen) atoms. The van der Waals surface area contributed by atoms with Crippen molar-refractivity contribution in [3.8, 4) is 0 Å². The van der Waals surface area contributed by atoms with E-state index in [2.05, 4.69) is 0 Å². The second-order valence-corrected chi connectivity index (χ2v) is 3.97. The van der Waals surface area contributed by atoms with Crippen LogP contribution in [0.2, 0.25) is 0 Å². The number of carbonyl (C=O) groups is 1. The molecule has 0 unspecified atom stereocenters. The lowest BCUT2D eigenvalue weighted by Crippen LogP contribution is -2.20. The van der Waals surface area contributed by atoms with Crippen molar-refractivity contribution in [2.45, 2.75) is 19.5 Å². The number of Topliss-reactive ketones (excluding diaryl/α,β-unsaturated/α-hetero) is 1. The average molecular weight is 266 g/mol. The molecular weight excluding hydrogens is 255 g/mol. The summed E-state index contributed by atoms with van der Waals surface area (Å²) >= 11 is 5.79. The molecule has 0 saturated heterocycles. The third-order valence-corrected chi connectivity index (χ3v) is 2.77. The fourth-order valence-electron chi connectivity index (χ4n) is 1.62. The molecule has 2 N–H and O–H groups in total. The van der Waals surface area contributed by atoms with Gasteiger partial charge in [0.15, 0.2) is 5.78 Å². The monoisotopic (exact) mass is 265 g/mol. The molecule has 1 aliphatic rings. The maximum absolute atomic E-state index is 12.7. The van der Waals surface area contributed by atoms with E-state index in [9.17, 15) is 18.0 Å². The number of hydrogen-bond donors (Lipinski definition) is 1. The topological polar surface area (TPSA) is 43.1 Å². The highest BCUT2D eigenvalue weighted by atomic mass is 35.5. The average Bonchev–Trinajstić information content (AvgIpc) is 2.35. The molecule has 0 heterocycles. The standard InChI is InChI=1S/C11H11ClF3NO/c1-6-7(11(13,14)15)3-2-4-8(12)10(6)9(17)5-16/h2,4H,3,5,16H2,1H3. The van der Waals surface area contributed by atoms with E-state index in [0.717, 1.165) is 0 Å². The second kappa shape index (κ2) is 5.06. The molecule has 0 atom stereocenters. The van der Waals surface area contributed by atoms with Crippen LogP contribution < -0.4 is 5.73 Å². The molecule has 0 bridgehead atoms. The van der Waals surface area contributed by atoms with Gasteiger partial charge in [-0.15, -0.1) is 0 Å². The molecule has 0 aromatic rings.